The van der Waals surface area contributed by atoms with E-state index in [1.807, 2.05) is 31.4 Å². The van der Waals surface area contributed by atoms with E-state index in [1.165, 1.54) is 17.4 Å². The number of hydrogen-bond donors (Lipinski definition) is 0. The molecule has 0 saturated heterocycles. The second kappa shape index (κ2) is 7.52. The molecule has 0 spiro atoms. The molecule has 1 aromatic carbocycles. The fraction of sp³-hybridized carbons (Fsp3) is 0.190. The van der Waals surface area contributed by atoms with Gasteiger partial charge in [-0.1, -0.05) is 23.4 Å². The number of fused-ring (bicyclic) bond motifs is 1. The van der Waals surface area contributed by atoms with Gasteiger partial charge in [-0.3, -0.25) is 4.79 Å². The minimum Gasteiger partial charge on any atom is -0.339 e. The summed E-state index contributed by atoms with van der Waals surface area (Å²) < 4.78 is 19.9. The molecule has 0 radical (unpaired) electrons. The van der Waals surface area contributed by atoms with Crippen molar-refractivity contribution in [2.45, 2.75) is 13.8 Å². The van der Waals surface area contributed by atoms with Crippen molar-refractivity contribution in [3.05, 3.63) is 59.2 Å². The van der Waals surface area contributed by atoms with Gasteiger partial charge in [0.25, 0.3) is 11.6 Å². The van der Waals surface area contributed by atoms with Gasteiger partial charge in [-0.2, -0.15) is 0 Å². The smallest absolute Gasteiger partial charge is 0.259 e. The molecule has 142 valence electrons. The van der Waals surface area contributed by atoms with Crippen LogP contribution in [0.15, 0.2) is 52.4 Å². The summed E-state index contributed by atoms with van der Waals surface area (Å²) in [4.78, 5) is 20.4. The van der Waals surface area contributed by atoms with Gasteiger partial charge in [0.1, 0.15) is 11.5 Å². The highest BCUT2D eigenvalue weighted by atomic mass is 32.1. The van der Waals surface area contributed by atoms with Crippen LogP contribution in [-0.4, -0.2) is 34.0 Å². The maximum atomic E-state index is 14.4. The largest absolute Gasteiger partial charge is 0.339 e. The Morgan fingerprint density at radius 2 is 1.96 bits per heavy atom. The van der Waals surface area contributed by atoms with E-state index in [-0.39, 0.29) is 22.9 Å². The third-order valence-corrected chi connectivity index (χ3v) is 5.52. The molecule has 0 N–H and O–H groups in total. The summed E-state index contributed by atoms with van der Waals surface area (Å²) in [6.07, 6.45) is 0. The molecule has 0 saturated carbocycles. The van der Waals surface area contributed by atoms with Gasteiger partial charge in [0, 0.05) is 18.7 Å². The molecule has 3 heterocycles. The minimum atomic E-state index is -0.429. The third kappa shape index (κ3) is 3.07. The molecule has 3 aromatic heterocycles. The maximum Gasteiger partial charge on any atom is 0.259 e. The highest BCUT2D eigenvalue weighted by Crippen LogP contribution is 2.35. The van der Waals surface area contributed by atoms with Crippen molar-refractivity contribution in [2.24, 2.45) is 0 Å². The van der Waals surface area contributed by atoms with Crippen molar-refractivity contribution in [2.75, 3.05) is 13.1 Å². The lowest BCUT2D eigenvalue weighted by Gasteiger charge is -2.19. The predicted octanol–water partition coefficient (Wildman–Crippen LogP) is 5.24. The molecule has 0 aliphatic heterocycles. The average molecular weight is 395 g/mol. The normalized spacial score (nSPS) is 11.1. The molecule has 28 heavy (non-hydrogen) atoms. The van der Waals surface area contributed by atoms with Crippen LogP contribution >= 0.6 is 11.3 Å². The lowest BCUT2D eigenvalue weighted by Crippen LogP contribution is -2.30. The van der Waals surface area contributed by atoms with E-state index < -0.39 is 5.82 Å². The van der Waals surface area contributed by atoms with E-state index in [4.69, 9.17) is 4.52 Å². The minimum absolute atomic E-state index is 0.156. The summed E-state index contributed by atoms with van der Waals surface area (Å²) in [6, 6.07) is 11.9. The number of amides is 1. The van der Waals surface area contributed by atoms with Gasteiger partial charge in [-0.15, -0.1) is 11.3 Å². The molecule has 0 fully saturated rings. The van der Waals surface area contributed by atoms with Crippen LogP contribution in [0.3, 0.4) is 0 Å². The van der Waals surface area contributed by atoms with E-state index in [2.05, 4.69) is 10.1 Å². The Labute approximate surface area is 165 Å². The van der Waals surface area contributed by atoms with E-state index >= 15 is 0 Å². The van der Waals surface area contributed by atoms with Gasteiger partial charge in [0.05, 0.1) is 21.5 Å². The number of halogens is 1. The molecule has 4 rings (SSSR count). The van der Waals surface area contributed by atoms with Gasteiger partial charge in [-0.25, -0.2) is 9.37 Å². The number of thiophene rings is 1. The van der Waals surface area contributed by atoms with Crippen LogP contribution in [0.4, 0.5) is 4.39 Å². The van der Waals surface area contributed by atoms with Gasteiger partial charge >= 0.3 is 0 Å². The van der Waals surface area contributed by atoms with Crippen LogP contribution in [-0.2, 0) is 0 Å². The molecule has 7 heteroatoms. The summed E-state index contributed by atoms with van der Waals surface area (Å²) in [5.74, 6) is -0.586. The molecule has 0 bridgehead atoms. The molecule has 5 nitrogen and oxygen atoms in total. The van der Waals surface area contributed by atoms with Crippen LogP contribution in [0.2, 0.25) is 0 Å². The fourth-order valence-electron chi connectivity index (χ4n) is 3.19. The van der Waals surface area contributed by atoms with E-state index in [1.54, 1.807) is 29.2 Å². The zero-order valence-electron chi connectivity index (χ0n) is 15.5. The summed E-state index contributed by atoms with van der Waals surface area (Å²) in [5, 5.41) is 6.43. The molecular formula is C21H18FN3O2S. The second-order valence-electron chi connectivity index (χ2n) is 6.20. The first-order valence-corrected chi connectivity index (χ1v) is 9.90. The molecule has 4 aromatic rings. The van der Waals surface area contributed by atoms with Gasteiger partial charge in [0.15, 0.2) is 0 Å². The topological polar surface area (TPSA) is 59.2 Å². The maximum absolute atomic E-state index is 14.4. The lowest BCUT2D eigenvalue weighted by molar-refractivity contribution is 0.0775. The number of hydrogen-bond acceptors (Lipinski definition) is 5. The zero-order valence-corrected chi connectivity index (χ0v) is 16.3. The number of carbonyl (C=O) groups is 1. The fourth-order valence-corrected chi connectivity index (χ4v) is 3.87. The Morgan fingerprint density at radius 3 is 2.64 bits per heavy atom. The Balaban J connectivity index is 2.00. The van der Waals surface area contributed by atoms with Crippen molar-refractivity contribution in [3.63, 3.8) is 0 Å². The Kier molecular flexibility index (Phi) is 4.92. The number of rotatable bonds is 5. The zero-order chi connectivity index (χ0) is 19.7. The SMILES string of the molecule is CCN(CC)C(=O)c1cc(-c2cccs2)nc2onc(-c3ccccc3F)c12. The highest BCUT2D eigenvalue weighted by molar-refractivity contribution is 7.13. The summed E-state index contributed by atoms with van der Waals surface area (Å²) in [5.41, 5.74) is 1.83. The van der Waals surface area contributed by atoms with Crippen LogP contribution in [0.25, 0.3) is 32.9 Å². The molecule has 0 atom stereocenters. The van der Waals surface area contributed by atoms with Crippen molar-refractivity contribution in [3.8, 4) is 21.8 Å². The van der Waals surface area contributed by atoms with E-state index in [0.29, 0.717) is 29.7 Å². The van der Waals surface area contributed by atoms with Crippen molar-refractivity contribution < 1.29 is 13.7 Å². The predicted molar refractivity (Wildman–Crippen MR) is 108 cm³/mol. The van der Waals surface area contributed by atoms with Crippen molar-refractivity contribution >= 4 is 28.3 Å². The number of benzene rings is 1. The molecule has 0 unspecified atom stereocenters. The number of aromatic nitrogens is 2. The molecule has 1 amide bonds. The monoisotopic (exact) mass is 395 g/mol. The first-order chi connectivity index (χ1) is 13.6. The van der Waals surface area contributed by atoms with E-state index in [9.17, 15) is 9.18 Å². The lowest BCUT2D eigenvalue weighted by atomic mass is 10.0. The van der Waals surface area contributed by atoms with Crippen molar-refractivity contribution in [1.82, 2.24) is 15.0 Å². The Bertz CT molecular complexity index is 1130. The number of nitrogens with zero attached hydrogens (tertiary/aromatic N) is 3. The first kappa shape index (κ1) is 18.3. The standard InChI is InChI=1S/C21H18FN3O2S/c1-3-25(4-2)21(26)14-12-16(17-10-7-11-28-17)23-20-18(14)19(24-27-20)13-8-5-6-9-15(13)22/h5-12H,3-4H2,1-2H3. The highest BCUT2D eigenvalue weighted by Gasteiger charge is 2.25. The van der Waals surface area contributed by atoms with Gasteiger partial charge < -0.3 is 9.42 Å². The Hall–Kier alpha value is -3.06. The van der Waals surface area contributed by atoms with Crippen LogP contribution < -0.4 is 0 Å². The van der Waals surface area contributed by atoms with Crippen LogP contribution in [0.1, 0.15) is 24.2 Å². The van der Waals surface area contributed by atoms with Crippen LogP contribution in [0.5, 0.6) is 0 Å². The molecule has 0 aliphatic rings. The Morgan fingerprint density at radius 1 is 1.18 bits per heavy atom. The van der Waals surface area contributed by atoms with E-state index in [0.717, 1.165) is 4.88 Å². The third-order valence-electron chi connectivity index (χ3n) is 4.63. The second-order valence-corrected chi connectivity index (χ2v) is 7.15. The summed E-state index contributed by atoms with van der Waals surface area (Å²) >= 11 is 1.52. The summed E-state index contributed by atoms with van der Waals surface area (Å²) in [7, 11) is 0. The van der Waals surface area contributed by atoms with Crippen molar-refractivity contribution in [1.29, 1.82) is 0 Å². The molecule has 0 aliphatic carbocycles. The average Bonchev–Trinajstić information content (AvgIpc) is 3.38. The first-order valence-electron chi connectivity index (χ1n) is 9.02. The molecular weight excluding hydrogens is 377 g/mol. The van der Waals surface area contributed by atoms with Crippen LogP contribution in [0, 0.1) is 5.82 Å². The van der Waals surface area contributed by atoms with Gasteiger partial charge in [0.2, 0.25) is 0 Å². The van der Waals surface area contributed by atoms with Gasteiger partial charge in [-0.05, 0) is 43.5 Å². The quantitative estimate of drug-likeness (QED) is 0.464. The summed E-state index contributed by atoms with van der Waals surface area (Å²) in [6.45, 7) is 4.97. The number of carbonyl (C=O) groups excluding carboxylic acids is 1. The number of pyridine rings is 1.